The number of hydrogen-bond acceptors (Lipinski definition) is 3. The molecule has 0 aliphatic carbocycles. The standard InChI is InChI=1S/C16H22N2O3S/c1-2-22(21,18-9-4-3-5-10-18)15-11-13-12(16(19)20)7-6-8-14(13)17-15/h6-8,11,17,21H,2-5,9-10H2,1H3,(H,19,20). The van der Waals surface area contributed by atoms with Crippen LogP contribution in [0.5, 0.6) is 0 Å². The smallest absolute Gasteiger partial charge is 0.336 e. The fraction of sp³-hybridized carbons (Fsp3) is 0.438. The van der Waals surface area contributed by atoms with Gasteiger partial charge < -0.3 is 14.6 Å². The Morgan fingerprint density at radius 2 is 2.05 bits per heavy atom. The number of nitrogens with zero attached hydrogens (tertiary/aromatic N) is 1. The van der Waals surface area contributed by atoms with Crippen molar-refractivity contribution in [2.75, 3.05) is 18.8 Å². The van der Waals surface area contributed by atoms with Gasteiger partial charge in [-0.1, -0.05) is 19.4 Å². The third-order valence-corrected chi connectivity index (χ3v) is 7.32. The maximum absolute atomic E-state index is 11.4. The van der Waals surface area contributed by atoms with Crippen LogP contribution in [-0.2, 0) is 0 Å². The first-order chi connectivity index (χ1) is 10.6. The largest absolute Gasteiger partial charge is 0.478 e. The molecule has 0 spiro atoms. The number of nitrogens with one attached hydrogen (secondary N) is 1. The molecule has 1 saturated heterocycles. The molecule has 22 heavy (non-hydrogen) atoms. The number of hydrogen-bond donors (Lipinski definition) is 3. The van der Waals surface area contributed by atoms with E-state index < -0.39 is 16.5 Å². The zero-order valence-electron chi connectivity index (χ0n) is 12.7. The number of aromatic carboxylic acids is 1. The van der Waals surface area contributed by atoms with Crippen LogP contribution in [0.25, 0.3) is 10.9 Å². The van der Waals surface area contributed by atoms with Gasteiger partial charge in [0, 0.05) is 29.7 Å². The molecule has 0 saturated carbocycles. The number of carboxylic acids is 1. The van der Waals surface area contributed by atoms with Gasteiger partial charge >= 0.3 is 5.97 Å². The number of carboxylic acid groups (broad SMARTS) is 1. The van der Waals surface area contributed by atoms with Gasteiger partial charge in [-0.15, -0.1) is 0 Å². The molecule has 1 fully saturated rings. The summed E-state index contributed by atoms with van der Waals surface area (Å²) in [6.07, 6.45) is 3.43. The molecule has 1 aromatic carbocycles. The van der Waals surface area contributed by atoms with E-state index in [1.54, 1.807) is 12.1 Å². The lowest BCUT2D eigenvalue weighted by atomic mass is 10.1. The number of aromatic amines is 1. The molecule has 3 rings (SSSR count). The lowest BCUT2D eigenvalue weighted by Crippen LogP contribution is -2.34. The summed E-state index contributed by atoms with van der Waals surface area (Å²) in [5, 5.41) is 10.8. The predicted molar refractivity (Wildman–Crippen MR) is 89.7 cm³/mol. The van der Waals surface area contributed by atoms with Crippen LogP contribution in [0.2, 0.25) is 0 Å². The van der Waals surface area contributed by atoms with E-state index in [1.165, 1.54) is 6.42 Å². The Morgan fingerprint density at radius 3 is 2.68 bits per heavy atom. The minimum Gasteiger partial charge on any atom is -0.478 e. The van der Waals surface area contributed by atoms with Gasteiger partial charge in [-0.3, -0.25) is 0 Å². The Bertz CT molecular complexity index is 694. The van der Waals surface area contributed by atoms with Crippen LogP contribution < -0.4 is 0 Å². The highest BCUT2D eigenvalue weighted by molar-refractivity contribution is 8.27. The molecule has 6 heteroatoms. The van der Waals surface area contributed by atoms with Gasteiger partial charge in [0.05, 0.1) is 10.6 Å². The summed E-state index contributed by atoms with van der Waals surface area (Å²) in [5.41, 5.74) is 1.04. The summed E-state index contributed by atoms with van der Waals surface area (Å²) in [5.74, 6) is -0.299. The van der Waals surface area contributed by atoms with Gasteiger partial charge in [0.2, 0.25) is 0 Å². The van der Waals surface area contributed by atoms with Crippen LogP contribution in [-0.4, -0.2) is 43.8 Å². The Hall–Kier alpha value is -1.50. The van der Waals surface area contributed by atoms with Crippen LogP contribution in [0.15, 0.2) is 29.3 Å². The van der Waals surface area contributed by atoms with E-state index in [-0.39, 0.29) is 5.56 Å². The van der Waals surface area contributed by atoms with Crippen molar-refractivity contribution in [3.63, 3.8) is 0 Å². The van der Waals surface area contributed by atoms with Gasteiger partial charge in [-0.2, -0.15) is 0 Å². The van der Waals surface area contributed by atoms with Crippen molar-refractivity contribution in [3.05, 3.63) is 29.8 Å². The van der Waals surface area contributed by atoms with Crippen LogP contribution in [0, 0.1) is 0 Å². The molecule has 1 aliphatic heterocycles. The molecule has 1 unspecified atom stereocenters. The molecule has 120 valence electrons. The Morgan fingerprint density at radius 1 is 1.32 bits per heavy atom. The molecule has 1 atom stereocenters. The average molecular weight is 322 g/mol. The number of benzene rings is 1. The number of aromatic nitrogens is 1. The third kappa shape index (κ3) is 2.51. The highest BCUT2D eigenvalue weighted by atomic mass is 32.3. The summed E-state index contributed by atoms with van der Waals surface area (Å²) in [6.45, 7) is 3.80. The third-order valence-electron chi connectivity index (χ3n) is 4.37. The van der Waals surface area contributed by atoms with Gasteiger partial charge in [0.15, 0.2) is 0 Å². The molecule has 2 aromatic rings. The van der Waals surface area contributed by atoms with E-state index in [4.69, 9.17) is 0 Å². The second kappa shape index (κ2) is 5.95. The maximum Gasteiger partial charge on any atom is 0.336 e. The predicted octanol–water partition coefficient (Wildman–Crippen LogP) is 3.92. The second-order valence-electron chi connectivity index (χ2n) is 5.65. The maximum atomic E-state index is 11.4. The van der Waals surface area contributed by atoms with Gasteiger partial charge in [0.1, 0.15) is 0 Å². The lowest BCUT2D eigenvalue weighted by Gasteiger charge is -2.44. The first-order valence-corrected chi connectivity index (χ1v) is 9.41. The highest BCUT2D eigenvalue weighted by Crippen LogP contribution is 2.55. The number of H-pyrrole nitrogens is 1. The minimum absolute atomic E-state index is 0.275. The van der Waals surface area contributed by atoms with Crippen molar-refractivity contribution in [1.82, 2.24) is 9.29 Å². The number of rotatable bonds is 4. The zero-order chi connectivity index (χ0) is 15.7. The SMILES string of the molecule is CCS(O)(c1cc2c(C(=O)O)cccc2[nH]1)N1CCCCC1. The summed E-state index contributed by atoms with van der Waals surface area (Å²) >= 11 is 0. The Balaban J connectivity index is 2.07. The van der Waals surface area contributed by atoms with Crippen molar-refractivity contribution in [2.24, 2.45) is 0 Å². The minimum atomic E-state index is -2.08. The number of piperidine rings is 1. The molecule has 2 heterocycles. The van der Waals surface area contributed by atoms with E-state index in [0.29, 0.717) is 11.1 Å². The number of carbonyl (C=O) groups is 1. The average Bonchev–Trinajstić information content (AvgIpc) is 2.99. The van der Waals surface area contributed by atoms with Gasteiger partial charge in [0.25, 0.3) is 0 Å². The molecule has 5 nitrogen and oxygen atoms in total. The van der Waals surface area contributed by atoms with E-state index >= 15 is 0 Å². The van der Waals surface area contributed by atoms with Crippen molar-refractivity contribution in [2.45, 2.75) is 31.2 Å². The van der Waals surface area contributed by atoms with Crippen LogP contribution >= 0.6 is 10.5 Å². The van der Waals surface area contributed by atoms with Gasteiger partial charge in [-0.05, 0) is 41.5 Å². The zero-order valence-corrected chi connectivity index (χ0v) is 13.5. The quantitative estimate of drug-likeness (QED) is 0.797. The van der Waals surface area contributed by atoms with Gasteiger partial charge in [-0.25, -0.2) is 9.10 Å². The Kier molecular flexibility index (Phi) is 4.16. The molecular weight excluding hydrogens is 300 g/mol. The molecule has 1 aromatic heterocycles. The fourth-order valence-electron chi connectivity index (χ4n) is 3.14. The highest BCUT2D eigenvalue weighted by Gasteiger charge is 2.32. The Labute approximate surface area is 131 Å². The monoisotopic (exact) mass is 322 g/mol. The first kappa shape index (κ1) is 15.4. The number of fused-ring (bicyclic) bond motifs is 1. The molecule has 0 bridgehead atoms. The fourth-order valence-corrected chi connectivity index (χ4v) is 5.53. The topological polar surface area (TPSA) is 76.6 Å². The van der Waals surface area contributed by atoms with Crippen molar-refractivity contribution < 1.29 is 14.5 Å². The van der Waals surface area contributed by atoms with E-state index in [2.05, 4.69) is 9.29 Å². The summed E-state index contributed by atoms with van der Waals surface area (Å²) in [4.78, 5) is 14.6. The van der Waals surface area contributed by atoms with Crippen LogP contribution in [0.4, 0.5) is 0 Å². The van der Waals surface area contributed by atoms with Crippen molar-refractivity contribution >= 4 is 27.4 Å². The van der Waals surface area contributed by atoms with E-state index in [0.717, 1.165) is 36.5 Å². The summed E-state index contributed by atoms with van der Waals surface area (Å²) in [7, 11) is -2.08. The normalized spacial score (nSPS) is 20.6. The second-order valence-corrected chi connectivity index (χ2v) is 8.52. The van der Waals surface area contributed by atoms with E-state index in [1.807, 2.05) is 19.1 Å². The molecule has 3 N–H and O–H groups in total. The first-order valence-electron chi connectivity index (χ1n) is 7.70. The lowest BCUT2D eigenvalue weighted by molar-refractivity contribution is 0.0699. The summed E-state index contributed by atoms with van der Waals surface area (Å²) in [6, 6.07) is 7.01. The molecular formula is C16H22N2O3S. The van der Waals surface area contributed by atoms with Crippen LogP contribution in [0.3, 0.4) is 0 Å². The van der Waals surface area contributed by atoms with Crippen molar-refractivity contribution in [1.29, 1.82) is 0 Å². The molecule has 0 radical (unpaired) electrons. The summed E-state index contributed by atoms with van der Waals surface area (Å²) < 4.78 is 13.5. The molecule has 1 aliphatic rings. The van der Waals surface area contributed by atoms with Crippen molar-refractivity contribution in [3.8, 4) is 0 Å². The van der Waals surface area contributed by atoms with Crippen LogP contribution in [0.1, 0.15) is 36.5 Å². The van der Waals surface area contributed by atoms with E-state index in [9.17, 15) is 14.5 Å². The molecule has 0 amide bonds.